The Kier molecular flexibility index (Phi) is 6.43. The average molecular weight is 408 g/mol. The van der Waals surface area contributed by atoms with Gasteiger partial charge in [-0.3, -0.25) is 4.79 Å². The predicted molar refractivity (Wildman–Crippen MR) is 107 cm³/mol. The van der Waals surface area contributed by atoms with E-state index >= 15 is 0 Å². The summed E-state index contributed by atoms with van der Waals surface area (Å²) in [5.74, 6) is -0.748. The van der Waals surface area contributed by atoms with Crippen LogP contribution in [0.5, 0.6) is 0 Å². The number of nitrogens with zero attached hydrogens (tertiary/aromatic N) is 1. The van der Waals surface area contributed by atoms with Gasteiger partial charge in [0.05, 0.1) is 17.1 Å². The summed E-state index contributed by atoms with van der Waals surface area (Å²) in [4.78, 5) is 26.8. The van der Waals surface area contributed by atoms with Crippen LogP contribution in [0, 0.1) is 0 Å². The van der Waals surface area contributed by atoms with Gasteiger partial charge in [-0.2, -0.15) is 0 Å². The number of hydrogen-bond donors (Lipinski definition) is 0. The molecule has 0 radical (unpaired) electrons. The minimum absolute atomic E-state index is 0.0121. The Morgan fingerprint density at radius 2 is 1.93 bits per heavy atom. The number of carbonyl (C=O) groups is 2. The van der Waals surface area contributed by atoms with Gasteiger partial charge < -0.3 is 9.64 Å². The van der Waals surface area contributed by atoms with Gasteiger partial charge in [0.1, 0.15) is 0 Å². The van der Waals surface area contributed by atoms with Crippen molar-refractivity contribution in [2.24, 2.45) is 0 Å². The molecule has 7 heteroatoms. The van der Waals surface area contributed by atoms with Gasteiger partial charge in [0.25, 0.3) is 5.91 Å². The molecular formula is C21H29NO5S. The van der Waals surface area contributed by atoms with Gasteiger partial charge in [0.2, 0.25) is 0 Å². The Bertz CT molecular complexity index is 848. The van der Waals surface area contributed by atoms with Crippen LogP contribution in [0.1, 0.15) is 61.0 Å². The van der Waals surface area contributed by atoms with E-state index in [1.54, 1.807) is 11.0 Å². The molecule has 0 saturated carbocycles. The van der Waals surface area contributed by atoms with E-state index in [0.29, 0.717) is 18.4 Å². The van der Waals surface area contributed by atoms with Gasteiger partial charge in [-0.25, -0.2) is 13.2 Å². The zero-order valence-electron chi connectivity index (χ0n) is 16.6. The minimum atomic E-state index is -3.10. The molecule has 1 heterocycles. The summed E-state index contributed by atoms with van der Waals surface area (Å²) < 4.78 is 28.9. The minimum Gasteiger partial charge on any atom is -0.452 e. The van der Waals surface area contributed by atoms with Crippen LogP contribution in [0.4, 0.5) is 0 Å². The van der Waals surface area contributed by atoms with Gasteiger partial charge in [0.15, 0.2) is 16.4 Å². The van der Waals surface area contributed by atoms with Gasteiger partial charge >= 0.3 is 5.97 Å². The Morgan fingerprint density at radius 1 is 1.21 bits per heavy atom. The predicted octanol–water partition coefficient (Wildman–Crippen LogP) is 2.54. The first kappa shape index (κ1) is 20.8. The lowest BCUT2D eigenvalue weighted by Crippen LogP contribution is -2.48. The molecule has 1 saturated heterocycles. The monoisotopic (exact) mass is 407 g/mol. The van der Waals surface area contributed by atoms with Crippen LogP contribution in [0.15, 0.2) is 18.2 Å². The summed E-state index contributed by atoms with van der Waals surface area (Å²) in [6, 6.07) is 5.16. The van der Waals surface area contributed by atoms with Crippen LogP contribution in [-0.4, -0.2) is 55.4 Å². The molecule has 1 aliphatic heterocycles. The number of carbonyl (C=O) groups excluding carboxylic acids is 2. The summed E-state index contributed by atoms with van der Waals surface area (Å²) in [5, 5.41) is 0. The number of benzene rings is 1. The van der Waals surface area contributed by atoms with Crippen molar-refractivity contribution >= 4 is 21.7 Å². The van der Waals surface area contributed by atoms with E-state index in [4.69, 9.17) is 4.74 Å². The molecule has 28 heavy (non-hydrogen) atoms. The number of sulfone groups is 1. The molecule has 0 N–H and O–H groups in total. The van der Waals surface area contributed by atoms with Gasteiger partial charge in [0, 0.05) is 12.1 Å². The van der Waals surface area contributed by atoms with Crippen LogP contribution in [0.25, 0.3) is 0 Å². The quantitative estimate of drug-likeness (QED) is 0.677. The fourth-order valence-electron chi connectivity index (χ4n) is 4.15. The summed E-state index contributed by atoms with van der Waals surface area (Å²) in [7, 11) is -3.10. The molecule has 1 aliphatic carbocycles. The highest BCUT2D eigenvalue weighted by Crippen LogP contribution is 2.23. The molecule has 0 unspecified atom stereocenters. The van der Waals surface area contributed by atoms with E-state index in [2.05, 4.69) is 0 Å². The zero-order valence-corrected chi connectivity index (χ0v) is 17.5. The van der Waals surface area contributed by atoms with Crippen molar-refractivity contribution in [1.82, 2.24) is 4.90 Å². The molecule has 2 aliphatic rings. The van der Waals surface area contributed by atoms with E-state index in [1.807, 2.05) is 26.0 Å². The molecule has 1 amide bonds. The standard InChI is InChI=1S/C21H29NO5S/c1-3-15(2)22(19-10-11-28(25,26)14-19)20(23)13-27-21(24)18-9-8-16-6-4-5-7-17(16)12-18/h8-9,12,15,19H,3-7,10-11,13-14H2,1-2H3/t15-,19+/m1/s1. The third-order valence-corrected chi connectivity index (χ3v) is 7.62. The third kappa shape index (κ3) is 4.74. The number of hydrogen-bond acceptors (Lipinski definition) is 5. The van der Waals surface area contributed by atoms with Crippen molar-refractivity contribution in [1.29, 1.82) is 0 Å². The van der Waals surface area contributed by atoms with E-state index < -0.39 is 15.8 Å². The fraction of sp³-hybridized carbons (Fsp3) is 0.619. The molecule has 1 fully saturated rings. The fourth-order valence-corrected chi connectivity index (χ4v) is 5.86. The first-order valence-electron chi connectivity index (χ1n) is 10.1. The highest BCUT2D eigenvalue weighted by Gasteiger charge is 2.36. The normalized spacial score (nSPS) is 21.6. The number of ether oxygens (including phenoxy) is 1. The molecule has 0 bridgehead atoms. The van der Waals surface area contributed by atoms with Crippen LogP contribution in [0.2, 0.25) is 0 Å². The lowest BCUT2D eigenvalue weighted by atomic mass is 9.90. The maximum absolute atomic E-state index is 12.8. The number of esters is 1. The van der Waals surface area contributed by atoms with Crippen LogP contribution < -0.4 is 0 Å². The van der Waals surface area contributed by atoms with E-state index in [9.17, 15) is 18.0 Å². The van der Waals surface area contributed by atoms with E-state index in [0.717, 1.165) is 19.3 Å². The lowest BCUT2D eigenvalue weighted by Gasteiger charge is -2.33. The molecular weight excluding hydrogens is 378 g/mol. The van der Waals surface area contributed by atoms with Crippen molar-refractivity contribution in [2.45, 2.75) is 64.5 Å². The molecule has 3 rings (SSSR count). The highest BCUT2D eigenvalue weighted by molar-refractivity contribution is 7.91. The second kappa shape index (κ2) is 8.64. The molecule has 154 valence electrons. The van der Waals surface area contributed by atoms with Gasteiger partial charge in [-0.05, 0) is 68.7 Å². The summed E-state index contributed by atoms with van der Waals surface area (Å²) in [6.07, 6.45) is 5.45. The van der Waals surface area contributed by atoms with Gasteiger partial charge in [-0.1, -0.05) is 13.0 Å². The van der Waals surface area contributed by atoms with E-state index in [1.165, 1.54) is 17.5 Å². The summed E-state index contributed by atoms with van der Waals surface area (Å²) in [5.41, 5.74) is 2.93. The topological polar surface area (TPSA) is 80.8 Å². The Morgan fingerprint density at radius 3 is 2.57 bits per heavy atom. The number of rotatable bonds is 6. The van der Waals surface area contributed by atoms with Crippen molar-refractivity contribution in [3.63, 3.8) is 0 Å². The van der Waals surface area contributed by atoms with Crippen molar-refractivity contribution < 1.29 is 22.7 Å². The molecule has 6 nitrogen and oxygen atoms in total. The molecule has 2 atom stereocenters. The third-order valence-electron chi connectivity index (χ3n) is 5.87. The smallest absolute Gasteiger partial charge is 0.338 e. The van der Waals surface area contributed by atoms with Crippen molar-refractivity contribution in [3.8, 4) is 0 Å². The summed E-state index contributed by atoms with van der Waals surface area (Å²) in [6.45, 7) is 3.48. The average Bonchev–Trinajstić information content (AvgIpc) is 3.04. The molecule has 0 spiro atoms. The SMILES string of the molecule is CC[C@@H](C)N(C(=O)COC(=O)c1ccc2c(c1)CCCC2)[C@H]1CCS(=O)(=O)C1. The number of fused-ring (bicyclic) bond motifs is 1. The van der Waals surface area contributed by atoms with Crippen LogP contribution >= 0.6 is 0 Å². The van der Waals surface area contributed by atoms with Crippen molar-refractivity contribution in [2.75, 3.05) is 18.1 Å². The second-order valence-corrected chi connectivity index (χ2v) is 10.1. The second-order valence-electron chi connectivity index (χ2n) is 7.88. The zero-order chi connectivity index (χ0) is 20.3. The molecule has 0 aromatic heterocycles. The number of aryl methyl sites for hydroxylation is 2. The first-order chi connectivity index (χ1) is 13.3. The van der Waals surface area contributed by atoms with Crippen LogP contribution in [0.3, 0.4) is 0 Å². The summed E-state index contributed by atoms with van der Waals surface area (Å²) >= 11 is 0. The molecule has 1 aromatic carbocycles. The maximum atomic E-state index is 12.8. The van der Waals surface area contributed by atoms with Gasteiger partial charge in [-0.15, -0.1) is 0 Å². The largest absolute Gasteiger partial charge is 0.452 e. The van der Waals surface area contributed by atoms with Crippen molar-refractivity contribution in [3.05, 3.63) is 34.9 Å². The molecule has 1 aromatic rings. The van der Waals surface area contributed by atoms with E-state index in [-0.39, 0.29) is 36.1 Å². The lowest BCUT2D eigenvalue weighted by molar-refractivity contribution is -0.138. The first-order valence-corrected chi connectivity index (χ1v) is 11.9. The number of amides is 1. The van der Waals surface area contributed by atoms with Crippen LogP contribution in [-0.2, 0) is 32.2 Å². The Labute approximate surface area is 167 Å². The highest BCUT2D eigenvalue weighted by atomic mass is 32.2. The maximum Gasteiger partial charge on any atom is 0.338 e. The Balaban J connectivity index is 1.64. The Hall–Kier alpha value is -1.89.